The van der Waals surface area contributed by atoms with Crippen molar-refractivity contribution in [1.29, 1.82) is 0 Å². The van der Waals surface area contributed by atoms with Crippen LogP contribution in [0.5, 0.6) is 0 Å². The Morgan fingerprint density at radius 1 is 1.35 bits per heavy atom. The van der Waals surface area contributed by atoms with E-state index in [2.05, 4.69) is 0 Å². The van der Waals surface area contributed by atoms with E-state index in [9.17, 15) is 14.7 Å². The fourth-order valence-electron chi connectivity index (χ4n) is 4.01. The van der Waals surface area contributed by atoms with Crippen molar-refractivity contribution >= 4 is 11.8 Å². The zero-order valence-corrected chi connectivity index (χ0v) is 14.3. The summed E-state index contributed by atoms with van der Waals surface area (Å²) >= 11 is 0. The Kier molecular flexibility index (Phi) is 3.74. The highest BCUT2D eigenvalue weighted by molar-refractivity contribution is 5.94. The van der Waals surface area contributed by atoms with Crippen molar-refractivity contribution in [2.45, 2.75) is 70.7 Å². The summed E-state index contributed by atoms with van der Waals surface area (Å²) in [6.07, 6.45) is 1.87. The smallest absolute Gasteiger partial charge is 0.275 e. The molecule has 0 aromatic rings. The number of nitrogens with zero attached hydrogens (tertiary/aromatic N) is 2. The highest BCUT2D eigenvalue weighted by Crippen LogP contribution is 2.47. The molecular weight excluding hydrogens is 298 g/mol. The molecule has 3 aliphatic heterocycles. The second-order valence-corrected chi connectivity index (χ2v) is 7.72. The third-order valence-electron chi connectivity index (χ3n) is 5.34. The van der Waals surface area contributed by atoms with Gasteiger partial charge >= 0.3 is 0 Å². The van der Waals surface area contributed by atoms with Crippen molar-refractivity contribution in [3.8, 4) is 0 Å². The SMILES string of the molecule is CC(C)CC1C(=O)N2CCCC2C2(O)OC(N)(C(C)C)C(=O)N12. The number of hydrogen-bond donors (Lipinski definition) is 2. The van der Waals surface area contributed by atoms with Gasteiger partial charge in [-0.3, -0.25) is 25.0 Å². The van der Waals surface area contributed by atoms with Gasteiger partial charge in [0, 0.05) is 12.5 Å². The van der Waals surface area contributed by atoms with E-state index in [4.69, 9.17) is 10.5 Å². The summed E-state index contributed by atoms with van der Waals surface area (Å²) in [4.78, 5) is 28.8. The van der Waals surface area contributed by atoms with Crippen molar-refractivity contribution in [2.75, 3.05) is 6.54 Å². The molecule has 3 aliphatic rings. The minimum absolute atomic E-state index is 0.101. The zero-order valence-electron chi connectivity index (χ0n) is 14.3. The van der Waals surface area contributed by atoms with Gasteiger partial charge in [-0.1, -0.05) is 27.7 Å². The van der Waals surface area contributed by atoms with Crippen molar-refractivity contribution in [1.82, 2.24) is 9.80 Å². The van der Waals surface area contributed by atoms with Crippen LogP contribution >= 0.6 is 0 Å². The van der Waals surface area contributed by atoms with Crippen LogP contribution in [-0.2, 0) is 14.3 Å². The maximum Gasteiger partial charge on any atom is 0.275 e. The summed E-state index contributed by atoms with van der Waals surface area (Å²) in [6.45, 7) is 8.13. The van der Waals surface area contributed by atoms with Crippen LogP contribution in [-0.4, -0.2) is 57.0 Å². The number of carbonyl (C=O) groups excluding carboxylic acids is 2. The monoisotopic (exact) mass is 325 g/mol. The molecule has 130 valence electrons. The van der Waals surface area contributed by atoms with Crippen LogP contribution in [0.25, 0.3) is 0 Å². The molecule has 0 spiro atoms. The van der Waals surface area contributed by atoms with E-state index in [0.717, 1.165) is 6.42 Å². The lowest BCUT2D eigenvalue weighted by molar-refractivity contribution is -0.318. The number of rotatable bonds is 3. The topological polar surface area (TPSA) is 96.1 Å². The van der Waals surface area contributed by atoms with Gasteiger partial charge in [0.2, 0.25) is 11.6 Å². The summed E-state index contributed by atoms with van der Waals surface area (Å²) < 4.78 is 5.80. The molecule has 0 bridgehead atoms. The molecule has 0 aliphatic carbocycles. The normalized spacial score (nSPS) is 40.3. The first-order valence-electron chi connectivity index (χ1n) is 8.48. The van der Waals surface area contributed by atoms with Crippen LogP contribution < -0.4 is 5.73 Å². The predicted molar refractivity (Wildman–Crippen MR) is 82.6 cm³/mol. The molecule has 2 amide bonds. The van der Waals surface area contributed by atoms with Gasteiger partial charge in [-0.2, -0.15) is 0 Å². The Morgan fingerprint density at radius 2 is 2.00 bits per heavy atom. The lowest BCUT2D eigenvalue weighted by atomic mass is 9.94. The maximum absolute atomic E-state index is 13.0. The van der Waals surface area contributed by atoms with Gasteiger partial charge in [0.25, 0.3) is 11.8 Å². The van der Waals surface area contributed by atoms with Crippen LogP contribution in [0, 0.1) is 11.8 Å². The molecular formula is C16H27N3O4. The molecule has 3 saturated heterocycles. The summed E-state index contributed by atoms with van der Waals surface area (Å²) in [5.74, 6) is -2.52. The van der Waals surface area contributed by atoms with E-state index >= 15 is 0 Å². The Morgan fingerprint density at radius 3 is 2.57 bits per heavy atom. The molecule has 7 nitrogen and oxygen atoms in total. The van der Waals surface area contributed by atoms with Gasteiger partial charge in [-0.05, 0) is 25.2 Å². The fourth-order valence-corrected chi connectivity index (χ4v) is 4.01. The molecule has 0 aromatic carbocycles. The van der Waals surface area contributed by atoms with Crippen LogP contribution in [0.3, 0.4) is 0 Å². The lowest BCUT2D eigenvalue weighted by Gasteiger charge is -2.49. The summed E-state index contributed by atoms with van der Waals surface area (Å²) in [5.41, 5.74) is 4.61. The van der Waals surface area contributed by atoms with Gasteiger partial charge in [-0.25, -0.2) is 0 Å². The van der Waals surface area contributed by atoms with Crippen LogP contribution in [0.15, 0.2) is 0 Å². The molecule has 0 aromatic heterocycles. The third-order valence-corrected chi connectivity index (χ3v) is 5.34. The molecule has 4 atom stereocenters. The van der Waals surface area contributed by atoms with E-state index in [0.29, 0.717) is 19.4 Å². The Balaban J connectivity index is 2.08. The zero-order chi connectivity index (χ0) is 17.2. The summed E-state index contributed by atoms with van der Waals surface area (Å²) in [5, 5.41) is 11.2. The van der Waals surface area contributed by atoms with E-state index < -0.39 is 29.6 Å². The molecule has 4 unspecified atom stereocenters. The minimum atomic E-state index is -1.82. The van der Waals surface area contributed by atoms with Gasteiger partial charge in [-0.15, -0.1) is 0 Å². The Bertz CT molecular complexity index is 537. The number of fused-ring (bicyclic) bond motifs is 3. The van der Waals surface area contributed by atoms with Crippen molar-refractivity contribution in [2.24, 2.45) is 17.6 Å². The number of nitrogens with two attached hydrogens (primary N) is 1. The Hall–Kier alpha value is -1.18. The number of carbonyl (C=O) groups is 2. The molecule has 3 N–H and O–H groups in total. The number of piperazine rings is 1. The van der Waals surface area contributed by atoms with Crippen molar-refractivity contribution < 1.29 is 19.4 Å². The van der Waals surface area contributed by atoms with Crippen LogP contribution in [0.2, 0.25) is 0 Å². The largest absolute Gasteiger partial charge is 0.347 e. The van der Waals surface area contributed by atoms with Crippen LogP contribution in [0.4, 0.5) is 0 Å². The molecule has 3 rings (SSSR count). The standard InChI is InChI=1S/C16H27N3O4/c1-9(2)8-11-13(20)18-7-5-6-12(18)16(22)19(11)14(21)15(17,23-16)10(3)4/h9-12,22H,5-8,17H2,1-4H3. The molecule has 3 heterocycles. The molecule has 7 heteroatoms. The summed E-state index contributed by atoms with van der Waals surface area (Å²) in [6, 6.07) is -1.25. The highest BCUT2D eigenvalue weighted by Gasteiger charge is 2.70. The van der Waals surface area contributed by atoms with E-state index in [-0.39, 0.29) is 17.7 Å². The number of hydrogen-bond acceptors (Lipinski definition) is 5. The van der Waals surface area contributed by atoms with E-state index in [1.54, 1.807) is 18.7 Å². The van der Waals surface area contributed by atoms with E-state index in [1.165, 1.54) is 4.90 Å². The van der Waals surface area contributed by atoms with Crippen molar-refractivity contribution in [3.63, 3.8) is 0 Å². The van der Waals surface area contributed by atoms with Crippen LogP contribution in [0.1, 0.15) is 47.0 Å². The average Bonchev–Trinajstić information content (AvgIpc) is 3.00. The highest BCUT2D eigenvalue weighted by atomic mass is 16.7. The Labute approximate surface area is 136 Å². The first kappa shape index (κ1) is 16.7. The van der Waals surface area contributed by atoms with Gasteiger partial charge in [0.1, 0.15) is 12.1 Å². The second-order valence-electron chi connectivity index (χ2n) is 7.72. The van der Waals surface area contributed by atoms with Gasteiger partial charge < -0.3 is 10.0 Å². The lowest BCUT2D eigenvalue weighted by Crippen LogP contribution is -2.71. The van der Waals surface area contributed by atoms with Gasteiger partial charge in [0.05, 0.1) is 0 Å². The van der Waals surface area contributed by atoms with Crippen molar-refractivity contribution in [3.05, 3.63) is 0 Å². The molecule has 0 saturated carbocycles. The second kappa shape index (κ2) is 5.16. The first-order valence-corrected chi connectivity index (χ1v) is 8.48. The fraction of sp³-hybridized carbons (Fsp3) is 0.875. The predicted octanol–water partition coefficient (Wildman–Crippen LogP) is 0.222. The van der Waals surface area contributed by atoms with E-state index in [1.807, 2.05) is 13.8 Å². The number of ether oxygens (including phenoxy) is 1. The number of aliphatic hydroxyl groups is 1. The number of amides is 2. The minimum Gasteiger partial charge on any atom is -0.347 e. The average molecular weight is 325 g/mol. The van der Waals surface area contributed by atoms with Gasteiger partial charge in [0.15, 0.2) is 0 Å². The maximum atomic E-state index is 13.0. The first-order chi connectivity index (χ1) is 10.6. The summed E-state index contributed by atoms with van der Waals surface area (Å²) in [7, 11) is 0. The molecule has 3 fully saturated rings. The third kappa shape index (κ3) is 2.13. The quantitative estimate of drug-likeness (QED) is 0.774. The molecule has 0 radical (unpaired) electrons. The molecule has 23 heavy (non-hydrogen) atoms.